The topological polar surface area (TPSA) is 56.5 Å². The van der Waals surface area contributed by atoms with Gasteiger partial charge in [0.05, 0.1) is 5.69 Å². The SMILES string of the molecule is Cc1ccc(-n2c(SCc3cccnc3Cl)nnc2-c2ccccn2)c(C)c1. The molecule has 7 heteroatoms. The largest absolute Gasteiger partial charge is 0.268 e. The maximum absolute atomic E-state index is 6.21. The molecule has 4 rings (SSSR count). The van der Waals surface area contributed by atoms with Gasteiger partial charge in [-0.25, -0.2) is 4.98 Å². The van der Waals surface area contributed by atoms with Crippen LogP contribution < -0.4 is 0 Å². The molecule has 1 aromatic carbocycles. The first kappa shape index (κ1) is 18.7. The monoisotopic (exact) mass is 407 g/mol. The minimum absolute atomic E-state index is 0.512. The van der Waals surface area contributed by atoms with E-state index >= 15 is 0 Å². The maximum atomic E-state index is 6.21. The van der Waals surface area contributed by atoms with Gasteiger partial charge in [0.1, 0.15) is 10.8 Å². The zero-order chi connectivity index (χ0) is 19.5. The van der Waals surface area contributed by atoms with Gasteiger partial charge in [-0.05, 0) is 49.2 Å². The van der Waals surface area contributed by atoms with E-state index in [9.17, 15) is 0 Å². The Balaban J connectivity index is 1.78. The van der Waals surface area contributed by atoms with Crippen molar-refractivity contribution in [2.75, 3.05) is 0 Å². The number of hydrogen-bond acceptors (Lipinski definition) is 5. The fourth-order valence-corrected chi connectivity index (χ4v) is 4.16. The fraction of sp³-hybridized carbons (Fsp3) is 0.143. The number of thioether (sulfide) groups is 1. The Hall–Kier alpha value is -2.70. The van der Waals surface area contributed by atoms with Crippen LogP contribution in [-0.2, 0) is 5.75 Å². The third-order valence-corrected chi connectivity index (χ3v) is 5.63. The van der Waals surface area contributed by atoms with Crippen molar-refractivity contribution in [2.45, 2.75) is 24.8 Å². The molecular formula is C21H18ClN5S. The van der Waals surface area contributed by atoms with E-state index in [2.05, 4.69) is 56.8 Å². The highest BCUT2D eigenvalue weighted by Gasteiger charge is 2.18. The quantitative estimate of drug-likeness (QED) is 0.332. The van der Waals surface area contributed by atoms with E-state index in [1.807, 2.05) is 30.3 Å². The van der Waals surface area contributed by atoms with Crippen LogP contribution in [0.2, 0.25) is 5.15 Å². The van der Waals surface area contributed by atoms with Gasteiger partial charge in [0.25, 0.3) is 0 Å². The Morgan fingerprint density at radius 3 is 2.57 bits per heavy atom. The number of pyridine rings is 2. The molecule has 4 aromatic rings. The number of hydrogen-bond donors (Lipinski definition) is 0. The summed E-state index contributed by atoms with van der Waals surface area (Å²) >= 11 is 7.79. The molecule has 3 heterocycles. The van der Waals surface area contributed by atoms with Gasteiger partial charge in [-0.15, -0.1) is 10.2 Å². The lowest BCUT2D eigenvalue weighted by Crippen LogP contribution is -2.03. The van der Waals surface area contributed by atoms with Crippen LogP contribution >= 0.6 is 23.4 Å². The number of halogens is 1. The molecule has 0 N–H and O–H groups in total. The minimum Gasteiger partial charge on any atom is -0.268 e. The van der Waals surface area contributed by atoms with E-state index < -0.39 is 0 Å². The number of rotatable bonds is 5. The lowest BCUT2D eigenvalue weighted by molar-refractivity contribution is 0.878. The highest BCUT2D eigenvalue weighted by Crippen LogP contribution is 2.31. The summed E-state index contributed by atoms with van der Waals surface area (Å²) in [5.41, 5.74) is 5.14. The van der Waals surface area contributed by atoms with E-state index in [1.54, 1.807) is 24.2 Å². The van der Waals surface area contributed by atoms with Gasteiger partial charge in [-0.3, -0.25) is 9.55 Å². The van der Waals surface area contributed by atoms with Crippen LogP contribution in [0, 0.1) is 13.8 Å². The zero-order valence-corrected chi connectivity index (χ0v) is 17.1. The maximum Gasteiger partial charge on any atom is 0.196 e. The molecule has 0 aliphatic rings. The first-order valence-electron chi connectivity index (χ1n) is 8.80. The molecule has 0 saturated carbocycles. The van der Waals surface area contributed by atoms with E-state index in [4.69, 9.17) is 11.6 Å². The second-order valence-electron chi connectivity index (χ2n) is 6.39. The predicted molar refractivity (Wildman–Crippen MR) is 113 cm³/mol. The van der Waals surface area contributed by atoms with Crippen LogP contribution in [0.25, 0.3) is 17.2 Å². The summed E-state index contributed by atoms with van der Waals surface area (Å²) in [4.78, 5) is 8.61. The van der Waals surface area contributed by atoms with Gasteiger partial charge in [0.2, 0.25) is 0 Å². The molecule has 0 unspecified atom stereocenters. The number of nitrogens with zero attached hydrogens (tertiary/aromatic N) is 5. The highest BCUT2D eigenvalue weighted by molar-refractivity contribution is 7.98. The van der Waals surface area contributed by atoms with Gasteiger partial charge in [0.15, 0.2) is 11.0 Å². The Labute approximate surface area is 172 Å². The molecule has 5 nitrogen and oxygen atoms in total. The predicted octanol–water partition coefficient (Wildman–Crippen LogP) is 5.29. The fourth-order valence-electron chi connectivity index (χ4n) is 2.97. The molecule has 140 valence electrons. The average molecular weight is 408 g/mol. The molecule has 0 fully saturated rings. The van der Waals surface area contributed by atoms with Crippen LogP contribution in [0.3, 0.4) is 0 Å². The molecule has 28 heavy (non-hydrogen) atoms. The summed E-state index contributed by atoms with van der Waals surface area (Å²) in [5, 5.41) is 10.2. The Kier molecular flexibility index (Phi) is 5.41. The van der Waals surface area contributed by atoms with Crippen molar-refractivity contribution in [3.63, 3.8) is 0 Å². The molecular weight excluding hydrogens is 390 g/mol. The molecule has 0 amide bonds. The number of aromatic nitrogens is 5. The van der Waals surface area contributed by atoms with Crippen molar-refractivity contribution < 1.29 is 0 Å². The molecule has 0 saturated heterocycles. The standard InChI is InChI=1S/C21H18ClN5S/c1-14-8-9-18(15(2)12-14)27-20(17-7-3-4-10-23-17)25-26-21(27)28-13-16-6-5-11-24-19(16)22/h3-12H,13H2,1-2H3. The third-order valence-electron chi connectivity index (χ3n) is 4.31. The van der Waals surface area contributed by atoms with E-state index in [-0.39, 0.29) is 0 Å². The second-order valence-corrected chi connectivity index (χ2v) is 7.69. The van der Waals surface area contributed by atoms with Gasteiger partial charge < -0.3 is 0 Å². The zero-order valence-electron chi connectivity index (χ0n) is 15.5. The molecule has 0 aliphatic carbocycles. The highest BCUT2D eigenvalue weighted by atomic mass is 35.5. The van der Waals surface area contributed by atoms with Crippen LogP contribution in [0.15, 0.2) is 66.1 Å². The van der Waals surface area contributed by atoms with E-state index in [1.165, 1.54) is 5.56 Å². The summed E-state index contributed by atoms with van der Waals surface area (Å²) in [5.74, 6) is 1.37. The third kappa shape index (κ3) is 3.79. The molecule has 0 spiro atoms. The summed E-state index contributed by atoms with van der Waals surface area (Å²) in [6.45, 7) is 4.18. The normalized spacial score (nSPS) is 11.0. The summed E-state index contributed by atoms with van der Waals surface area (Å²) in [6.07, 6.45) is 3.45. The van der Waals surface area contributed by atoms with Crippen molar-refractivity contribution in [1.29, 1.82) is 0 Å². The summed E-state index contributed by atoms with van der Waals surface area (Å²) in [6, 6.07) is 16.0. The summed E-state index contributed by atoms with van der Waals surface area (Å²) < 4.78 is 2.06. The van der Waals surface area contributed by atoms with Gasteiger partial charge in [-0.1, -0.05) is 53.2 Å². The van der Waals surface area contributed by atoms with E-state index in [0.29, 0.717) is 16.7 Å². The van der Waals surface area contributed by atoms with Crippen molar-refractivity contribution in [2.24, 2.45) is 0 Å². The number of aryl methyl sites for hydroxylation is 2. The van der Waals surface area contributed by atoms with Crippen LogP contribution in [0.1, 0.15) is 16.7 Å². The first-order valence-corrected chi connectivity index (χ1v) is 10.2. The lowest BCUT2D eigenvalue weighted by atomic mass is 10.1. The Morgan fingerprint density at radius 1 is 0.964 bits per heavy atom. The van der Waals surface area contributed by atoms with Gasteiger partial charge in [0, 0.05) is 18.1 Å². The van der Waals surface area contributed by atoms with Crippen molar-refractivity contribution in [3.8, 4) is 17.2 Å². The van der Waals surface area contributed by atoms with Crippen LogP contribution in [0.5, 0.6) is 0 Å². The molecule has 0 bridgehead atoms. The second kappa shape index (κ2) is 8.12. The minimum atomic E-state index is 0.512. The van der Waals surface area contributed by atoms with Crippen molar-refractivity contribution in [1.82, 2.24) is 24.7 Å². The lowest BCUT2D eigenvalue weighted by Gasteiger charge is -2.13. The van der Waals surface area contributed by atoms with E-state index in [0.717, 1.165) is 27.7 Å². The van der Waals surface area contributed by atoms with Crippen molar-refractivity contribution >= 4 is 23.4 Å². The van der Waals surface area contributed by atoms with Crippen LogP contribution in [0.4, 0.5) is 0 Å². The molecule has 3 aromatic heterocycles. The van der Waals surface area contributed by atoms with Crippen LogP contribution in [-0.4, -0.2) is 24.7 Å². The van der Waals surface area contributed by atoms with Crippen molar-refractivity contribution in [3.05, 3.63) is 82.8 Å². The smallest absolute Gasteiger partial charge is 0.196 e. The Bertz CT molecular complexity index is 1110. The van der Waals surface area contributed by atoms with Gasteiger partial charge >= 0.3 is 0 Å². The first-order chi connectivity index (χ1) is 13.6. The molecule has 0 atom stereocenters. The molecule has 0 aliphatic heterocycles. The molecule has 0 radical (unpaired) electrons. The van der Waals surface area contributed by atoms with Gasteiger partial charge in [-0.2, -0.15) is 0 Å². The summed E-state index contributed by atoms with van der Waals surface area (Å²) in [7, 11) is 0. The average Bonchev–Trinajstić information content (AvgIpc) is 3.12. The number of benzene rings is 1. The Morgan fingerprint density at radius 2 is 1.82 bits per heavy atom.